The molecule has 0 radical (unpaired) electrons. The van der Waals surface area contributed by atoms with Gasteiger partial charge in [-0.1, -0.05) is 36.9 Å². The van der Waals surface area contributed by atoms with E-state index in [1.54, 1.807) is 20.0 Å². The van der Waals surface area contributed by atoms with Crippen LogP contribution in [0, 0.1) is 0 Å². The fourth-order valence-corrected chi connectivity index (χ4v) is 3.49. The summed E-state index contributed by atoms with van der Waals surface area (Å²) in [5.41, 5.74) is 3.01. The number of imide groups is 1. The minimum Gasteiger partial charge on any atom is -0.411 e. The topological polar surface area (TPSA) is 133 Å². The first-order chi connectivity index (χ1) is 13.9. The molecule has 1 fully saturated rings. The number of hydrazine groups is 1. The Kier molecular flexibility index (Phi) is 4.74. The number of benzene rings is 1. The summed E-state index contributed by atoms with van der Waals surface area (Å²) in [5, 5.41) is 12.4. The van der Waals surface area contributed by atoms with Crippen LogP contribution in [0.1, 0.15) is 20.3 Å². The number of aromatic amines is 1. The number of hydrogen-bond acceptors (Lipinski definition) is 7. The summed E-state index contributed by atoms with van der Waals surface area (Å²) in [6.45, 7) is 3.39. The largest absolute Gasteiger partial charge is 0.411 e. The lowest BCUT2D eigenvalue weighted by molar-refractivity contribution is -0.137. The Bertz CT molecular complexity index is 1110. The number of aromatic nitrogens is 3. The maximum atomic E-state index is 12.3. The van der Waals surface area contributed by atoms with Crippen molar-refractivity contribution >= 4 is 40.5 Å². The molecule has 0 unspecified atom stereocenters. The van der Waals surface area contributed by atoms with E-state index in [1.807, 2.05) is 24.3 Å². The molecule has 3 heterocycles. The molecule has 0 aliphatic carbocycles. The molecule has 1 aromatic carbocycles. The molecule has 2 aromatic heterocycles. The Morgan fingerprint density at radius 2 is 2.10 bits per heavy atom. The predicted octanol–water partition coefficient (Wildman–Crippen LogP) is 2.06. The molecule has 1 aliphatic heterocycles. The zero-order valence-corrected chi connectivity index (χ0v) is 16.5. The van der Waals surface area contributed by atoms with Gasteiger partial charge in [-0.25, -0.2) is 4.79 Å². The third-order valence-electron chi connectivity index (χ3n) is 4.76. The molecule has 4 amide bonds. The van der Waals surface area contributed by atoms with Crippen LogP contribution in [-0.4, -0.2) is 49.3 Å². The van der Waals surface area contributed by atoms with Gasteiger partial charge in [0.2, 0.25) is 5.91 Å². The van der Waals surface area contributed by atoms with E-state index in [-0.39, 0.29) is 11.0 Å². The van der Waals surface area contributed by atoms with Gasteiger partial charge in [-0.2, -0.15) is 5.01 Å². The minimum absolute atomic E-state index is 0.102. The van der Waals surface area contributed by atoms with Crippen molar-refractivity contribution in [1.29, 1.82) is 0 Å². The zero-order chi connectivity index (χ0) is 20.6. The molecule has 0 saturated carbocycles. The van der Waals surface area contributed by atoms with Crippen LogP contribution in [0.5, 0.6) is 0 Å². The van der Waals surface area contributed by atoms with E-state index >= 15 is 0 Å². The molecule has 3 aromatic rings. The van der Waals surface area contributed by atoms with E-state index in [2.05, 4.69) is 25.9 Å². The van der Waals surface area contributed by atoms with Gasteiger partial charge in [0, 0.05) is 17.1 Å². The third-order valence-corrected chi connectivity index (χ3v) is 5.58. The minimum atomic E-state index is -1.02. The second-order valence-electron chi connectivity index (χ2n) is 6.70. The number of para-hydroxylation sites is 1. The third kappa shape index (κ3) is 3.44. The van der Waals surface area contributed by atoms with Crippen LogP contribution in [0.15, 0.2) is 40.1 Å². The molecule has 1 aliphatic rings. The van der Waals surface area contributed by atoms with Gasteiger partial charge < -0.3 is 14.7 Å². The average molecular weight is 414 g/mol. The Morgan fingerprint density at radius 3 is 2.86 bits per heavy atom. The van der Waals surface area contributed by atoms with Crippen LogP contribution in [0.2, 0.25) is 0 Å². The number of thioether (sulfide) groups is 1. The number of nitrogens with one attached hydrogen (secondary N) is 3. The number of fused-ring (bicyclic) bond motifs is 1. The highest BCUT2D eigenvalue weighted by molar-refractivity contribution is 7.99. The predicted molar refractivity (Wildman–Crippen MR) is 105 cm³/mol. The first-order valence-corrected chi connectivity index (χ1v) is 9.89. The monoisotopic (exact) mass is 414 g/mol. The lowest BCUT2D eigenvalue weighted by Gasteiger charge is -2.19. The highest BCUT2D eigenvalue weighted by Gasteiger charge is 2.47. The van der Waals surface area contributed by atoms with Crippen molar-refractivity contribution in [3.8, 4) is 11.5 Å². The molecule has 0 bridgehead atoms. The van der Waals surface area contributed by atoms with Gasteiger partial charge in [0.05, 0.1) is 11.3 Å². The van der Waals surface area contributed by atoms with Gasteiger partial charge in [-0.3, -0.25) is 15.0 Å². The lowest BCUT2D eigenvalue weighted by atomic mass is 10.00. The van der Waals surface area contributed by atoms with Gasteiger partial charge in [0.1, 0.15) is 5.54 Å². The van der Waals surface area contributed by atoms with Crippen molar-refractivity contribution in [2.45, 2.75) is 31.0 Å². The lowest BCUT2D eigenvalue weighted by Crippen LogP contribution is -2.49. The summed E-state index contributed by atoms with van der Waals surface area (Å²) < 4.78 is 5.63. The Balaban J connectivity index is 1.38. The van der Waals surface area contributed by atoms with Crippen molar-refractivity contribution in [3.05, 3.63) is 30.5 Å². The summed E-state index contributed by atoms with van der Waals surface area (Å²) in [6.07, 6.45) is 2.19. The van der Waals surface area contributed by atoms with Gasteiger partial charge in [-0.15, -0.1) is 10.2 Å². The number of amides is 4. The second kappa shape index (κ2) is 7.24. The molecule has 3 N–H and O–H groups in total. The smallest absolute Gasteiger partial charge is 0.344 e. The molecule has 4 rings (SSSR count). The molecule has 1 atom stereocenters. The number of carbonyl (C=O) groups excluding carboxylic acids is 3. The summed E-state index contributed by atoms with van der Waals surface area (Å²) in [6, 6.07) is 7.06. The highest BCUT2D eigenvalue weighted by atomic mass is 32.2. The van der Waals surface area contributed by atoms with Crippen molar-refractivity contribution in [2.75, 3.05) is 5.75 Å². The summed E-state index contributed by atoms with van der Waals surface area (Å²) in [5.74, 6) is -0.804. The van der Waals surface area contributed by atoms with E-state index in [9.17, 15) is 14.4 Å². The van der Waals surface area contributed by atoms with Crippen molar-refractivity contribution in [3.63, 3.8) is 0 Å². The first-order valence-electron chi connectivity index (χ1n) is 8.90. The quantitative estimate of drug-likeness (QED) is 0.415. The maximum Gasteiger partial charge on any atom is 0.344 e. The van der Waals surface area contributed by atoms with Crippen LogP contribution in [0.25, 0.3) is 22.4 Å². The van der Waals surface area contributed by atoms with Gasteiger partial charge in [0.25, 0.3) is 17.0 Å². The highest BCUT2D eigenvalue weighted by Crippen LogP contribution is 2.29. The van der Waals surface area contributed by atoms with E-state index in [0.29, 0.717) is 17.3 Å². The molecule has 11 heteroatoms. The zero-order valence-electron chi connectivity index (χ0n) is 15.7. The average Bonchev–Trinajstić information content (AvgIpc) is 3.40. The van der Waals surface area contributed by atoms with Crippen LogP contribution in [-0.2, 0) is 9.59 Å². The molecule has 150 valence electrons. The van der Waals surface area contributed by atoms with E-state index in [0.717, 1.165) is 28.2 Å². The van der Waals surface area contributed by atoms with Crippen molar-refractivity contribution in [1.82, 2.24) is 30.9 Å². The molecule has 0 spiro atoms. The van der Waals surface area contributed by atoms with Crippen LogP contribution in [0.3, 0.4) is 0 Å². The summed E-state index contributed by atoms with van der Waals surface area (Å²) in [4.78, 5) is 39.5. The maximum absolute atomic E-state index is 12.3. The van der Waals surface area contributed by atoms with Crippen molar-refractivity contribution in [2.24, 2.45) is 0 Å². The van der Waals surface area contributed by atoms with Crippen LogP contribution in [0.4, 0.5) is 4.79 Å². The number of rotatable bonds is 6. The number of urea groups is 1. The summed E-state index contributed by atoms with van der Waals surface area (Å²) in [7, 11) is 0. The summed E-state index contributed by atoms with van der Waals surface area (Å²) >= 11 is 1.01. The fourth-order valence-electron chi connectivity index (χ4n) is 2.94. The number of nitrogens with zero attached hydrogens (tertiary/aromatic N) is 3. The Labute approximate surface area is 169 Å². The first kappa shape index (κ1) is 19.0. The number of carbonyl (C=O) groups is 3. The number of hydrogen-bond donors (Lipinski definition) is 3. The van der Waals surface area contributed by atoms with Crippen LogP contribution < -0.4 is 10.7 Å². The molecule has 1 saturated heterocycles. The van der Waals surface area contributed by atoms with Gasteiger partial charge >= 0.3 is 6.03 Å². The second-order valence-corrected chi connectivity index (χ2v) is 7.63. The molecular formula is C18H18N6O4S. The molecular weight excluding hydrogens is 396 g/mol. The van der Waals surface area contributed by atoms with Crippen molar-refractivity contribution < 1.29 is 18.8 Å². The fraction of sp³-hybridized carbons (Fsp3) is 0.278. The Hall–Kier alpha value is -3.34. The number of H-pyrrole nitrogens is 1. The van der Waals surface area contributed by atoms with Gasteiger partial charge in [-0.05, 0) is 19.4 Å². The van der Waals surface area contributed by atoms with Gasteiger partial charge in [0.15, 0.2) is 0 Å². The molecule has 29 heavy (non-hydrogen) atoms. The SMILES string of the molecule is CC[C@]1(C)NC(=O)N(NC(=O)CSc2nnc(-c3c[nH]c4ccccc34)o2)C1=O. The van der Waals surface area contributed by atoms with E-state index < -0.39 is 23.4 Å². The van der Waals surface area contributed by atoms with Crippen LogP contribution >= 0.6 is 11.8 Å². The molecule has 10 nitrogen and oxygen atoms in total. The Morgan fingerprint density at radius 1 is 1.31 bits per heavy atom. The normalized spacial score (nSPS) is 19.0. The standard InChI is InChI=1S/C18H18N6O4S/c1-3-18(2)15(26)24(16(27)20-18)23-13(25)9-29-17-22-21-14(28-17)11-8-19-12-7-5-4-6-10(11)12/h4-8,19H,3,9H2,1-2H3,(H,20,27)(H,23,25)/t18-/m0/s1. The van der Waals surface area contributed by atoms with E-state index in [1.165, 1.54) is 0 Å². The van der Waals surface area contributed by atoms with E-state index in [4.69, 9.17) is 4.42 Å².